The Morgan fingerprint density at radius 2 is 0.830 bits per heavy atom. The molecule has 2 amide bonds. The third-order valence-electron chi connectivity index (χ3n) is 8.88. The van der Waals surface area contributed by atoms with Crippen molar-refractivity contribution < 1.29 is 46.7 Å². The maximum Gasteiger partial charge on any atom is 0.658 e. The Morgan fingerprint density at radius 3 is 1.15 bits per heavy atom. The molecular formula is C40H58BF2N2O8. The molecule has 0 spiro atoms. The number of carbonyl (C=O) groups is 4. The molecular weight excluding hydrogens is 685 g/mol. The van der Waals surface area contributed by atoms with Crippen LogP contribution in [0.3, 0.4) is 0 Å². The SMILES string of the molecule is COC(=O)CCCCCCCCCCCNC(=O)c1ccc(O[B]Oc2ccc(C(=O)NCCCCCCCCCCCC(=O)OC)c(F)c2)cc1F. The third kappa shape index (κ3) is 20.6. The average molecular weight is 744 g/mol. The Balaban J connectivity index is 1.55. The normalized spacial score (nSPS) is 10.7. The summed E-state index contributed by atoms with van der Waals surface area (Å²) in [6, 6.07) is 7.64. The first kappa shape index (κ1) is 45.0. The minimum Gasteiger partial charge on any atom is -0.526 e. The molecule has 2 aromatic rings. The highest BCUT2D eigenvalue weighted by molar-refractivity contribution is 6.20. The molecule has 0 saturated heterocycles. The number of unbranched alkanes of at least 4 members (excludes halogenated alkanes) is 16. The van der Waals surface area contributed by atoms with Gasteiger partial charge in [-0.3, -0.25) is 19.2 Å². The van der Waals surface area contributed by atoms with E-state index in [1.165, 1.54) is 38.5 Å². The van der Waals surface area contributed by atoms with Crippen molar-refractivity contribution in [2.75, 3.05) is 27.3 Å². The van der Waals surface area contributed by atoms with Crippen LogP contribution in [-0.2, 0) is 19.1 Å². The maximum absolute atomic E-state index is 14.6. The van der Waals surface area contributed by atoms with Crippen LogP contribution in [0.1, 0.15) is 149 Å². The number of halogens is 2. The summed E-state index contributed by atoms with van der Waals surface area (Å²) in [4.78, 5) is 47.1. The monoisotopic (exact) mass is 743 g/mol. The summed E-state index contributed by atoms with van der Waals surface area (Å²) in [7, 11) is 3.73. The number of hydrogen-bond donors (Lipinski definition) is 2. The molecule has 2 aromatic carbocycles. The van der Waals surface area contributed by atoms with Gasteiger partial charge in [0.25, 0.3) is 11.8 Å². The third-order valence-corrected chi connectivity index (χ3v) is 8.88. The highest BCUT2D eigenvalue weighted by Gasteiger charge is 2.15. The minimum absolute atomic E-state index is 0.0893. The molecule has 0 aliphatic heterocycles. The molecule has 2 rings (SSSR count). The number of methoxy groups -OCH3 is 2. The highest BCUT2D eigenvalue weighted by atomic mass is 19.1. The van der Waals surface area contributed by atoms with E-state index in [0.717, 1.165) is 135 Å². The van der Waals surface area contributed by atoms with Crippen molar-refractivity contribution in [1.82, 2.24) is 10.6 Å². The zero-order valence-electron chi connectivity index (χ0n) is 31.6. The molecule has 53 heavy (non-hydrogen) atoms. The van der Waals surface area contributed by atoms with Gasteiger partial charge >= 0.3 is 19.6 Å². The molecule has 0 unspecified atom stereocenters. The van der Waals surface area contributed by atoms with Crippen LogP contribution >= 0.6 is 0 Å². The largest absolute Gasteiger partial charge is 0.658 e. The predicted molar refractivity (Wildman–Crippen MR) is 201 cm³/mol. The summed E-state index contributed by atoms with van der Waals surface area (Å²) in [5.41, 5.74) is -0.198. The van der Waals surface area contributed by atoms with Crippen molar-refractivity contribution in [1.29, 1.82) is 0 Å². The van der Waals surface area contributed by atoms with Gasteiger partial charge in [-0.25, -0.2) is 8.78 Å². The Bertz CT molecular complexity index is 1280. The lowest BCUT2D eigenvalue weighted by atomic mass is 10.1. The number of carbonyl (C=O) groups excluding carboxylic acids is 4. The molecule has 0 heterocycles. The number of nitrogens with one attached hydrogen (secondary N) is 2. The molecule has 0 fully saturated rings. The summed E-state index contributed by atoms with van der Waals surface area (Å²) in [6.07, 6.45) is 19.4. The second-order valence-corrected chi connectivity index (χ2v) is 13.1. The zero-order chi connectivity index (χ0) is 38.5. The highest BCUT2D eigenvalue weighted by Crippen LogP contribution is 2.20. The van der Waals surface area contributed by atoms with Gasteiger partial charge in [-0.05, 0) is 49.9 Å². The first-order chi connectivity index (χ1) is 25.7. The second kappa shape index (κ2) is 28.4. The van der Waals surface area contributed by atoms with Crippen LogP contribution in [0.2, 0.25) is 0 Å². The van der Waals surface area contributed by atoms with Gasteiger partial charge in [0, 0.05) is 38.1 Å². The summed E-state index contributed by atoms with van der Waals surface area (Å²) < 4.78 is 49.2. The molecule has 0 atom stereocenters. The Hall–Kier alpha value is -4.16. The fraction of sp³-hybridized carbons (Fsp3) is 0.600. The van der Waals surface area contributed by atoms with Crippen LogP contribution in [0.5, 0.6) is 11.5 Å². The molecule has 2 N–H and O–H groups in total. The smallest absolute Gasteiger partial charge is 0.526 e. The number of esters is 2. The predicted octanol–water partition coefficient (Wildman–Crippen LogP) is 8.56. The van der Waals surface area contributed by atoms with Crippen LogP contribution in [0.4, 0.5) is 8.78 Å². The molecule has 0 aliphatic carbocycles. The summed E-state index contributed by atoms with van der Waals surface area (Å²) in [6.45, 7) is 0.903. The van der Waals surface area contributed by atoms with Gasteiger partial charge in [-0.15, -0.1) is 0 Å². The first-order valence-corrected chi connectivity index (χ1v) is 19.2. The number of ether oxygens (including phenoxy) is 2. The first-order valence-electron chi connectivity index (χ1n) is 19.2. The number of benzene rings is 2. The fourth-order valence-corrected chi connectivity index (χ4v) is 5.70. The Labute approximate surface area is 314 Å². The van der Waals surface area contributed by atoms with Crippen molar-refractivity contribution in [2.45, 2.75) is 128 Å². The number of rotatable bonds is 30. The zero-order valence-corrected chi connectivity index (χ0v) is 31.6. The molecule has 0 saturated carbocycles. The number of hydrogen-bond acceptors (Lipinski definition) is 8. The quantitative estimate of drug-likeness (QED) is 0.0463. The standard InChI is InChI=1S/C40H58BF2N2O8/c1-50-37(46)21-17-13-9-5-3-7-11-15-19-27-44-39(48)33-25-23-31(29-35(33)42)52-41-53-32-24-26-34(36(43)30-32)40(49)45-28-20-16-12-8-4-6-10-14-18-22-38(47)51-2/h23-26,29-30H,3-22,27-28H2,1-2H3,(H,44,48)(H,45,49). The second-order valence-electron chi connectivity index (χ2n) is 13.1. The lowest BCUT2D eigenvalue weighted by Crippen LogP contribution is -2.25. The van der Waals surface area contributed by atoms with Crippen molar-refractivity contribution >= 4 is 31.4 Å². The van der Waals surface area contributed by atoms with E-state index in [0.29, 0.717) is 25.9 Å². The molecule has 10 nitrogen and oxygen atoms in total. The molecule has 0 aromatic heterocycles. The maximum atomic E-state index is 14.6. The lowest BCUT2D eigenvalue weighted by molar-refractivity contribution is -0.141. The van der Waals surface area contributed by atoms with E-state index >= 15 is 0 Å². The Kier molecular flexibility index (Phi) is 24.1. The van der Waals surface area contributed by atoms with Crippen molar-refractivity contribution in [3.63, 3.8) is 0 Å². The fourth-order valence-electron chi connectivity index (χ4n) is 5.70. The summed E-state index contributed by atoms with van der Waals surface area (Å²) in [5.74, 6) is -2.64. The topological polar surface area (TPSA) is 129 Å². The van der Waals surface area contributed by atoms with Gasteiger partial charge in [0.15, 0.2) is 0 Å². The number of amides is 2. The molecule has 0 aliphatic rings. The molecule has 0 bridgehead atoms. The van der Waals surface area contributed by atoms with Crippen molar-refractivity contribution in [3.8, 4) is 11.5 Å². The van der Waals surface area contributed by atoms with Crippen LogP contribution in [0.25, 0.3) is 0 Å². The van der Waals surface area contributed by atoms with Gasteiger partial charge in [-0.1, -0.05) is 89.9 Å². The summed E-state index contributed by atoms with van der Waals surface area (Å²) >= 11 is 0. The van der Waals surface area contributed by atoms with E-state index in [-0.39, 0.29) is 34.6 Å². The van der Waals surface area contributed by atoms with Gasteiger partial charge in [0.1, 0.15) is 23.1 Å². The van der Waals surface area contributed by atoms with Gasteiger partial charge < -0.3 is 29.4 Å². The summed E-state index contributed by atoms with van der Waals surface area (Å²) in [5, 5.41) is 5.50. The van der Waals surface area contributed by atoms with E-state index in [1.54, 1.807) is 0 Å². The van der Waals surface area contributed by atoms with Crippen LogP contribution < -0.4 is 19.9 Å². The van der Waals surface area contributed by atoms with Gasteiger partial charge in [0.2, 0.25) is 0 Å². The van der Waals surface area contributed by atoms with Crippen LogP contribution in [0.15, 0.2) is 36.4 Å². The van der Waals surface area contributed by atoms with E-state index < -0.39 is 23.4 Å². The van der Waals surface area contributed by atoms with E-state index in [1.807, 2.05) is 0 Å². The van der Waals surface area contributed by atoms with E-state index in [2.05, 4.69) is 20.1 Å². The van der Waals surface area contributed by atoms with E-state index in [4.69, 9.17) is 9.31 Å². The lowest BCUT2D eigenvalue weighted by Gasteiger charge is -2.10. The van der Waals surface area contributed by atoms with Crippen LogP contribution in [0, 0.1) is 11.6 Å². The van der Waals surface area contributed by atoms with Crippen molar-refractivity contribution in [2.24, 2.45) is 0 Å². The Morgan fingerprint density at radius 1 is 0.509 bits per heavy atom. The van der Waals surface area contributed by atoms with Crippen LogP contribution in [-0.4, -0.2) is 58.7 Å². The minimum atomic E-state index is -0.748. The average Bonchev–Trinajstić information content (AvgIpc) is 3.15. The molecule has 1 radical (unpaired) electrons. The van der Waals surface area contributed by atoms with E-state index in [9.17, 15) is 28.0 Å². The molecule has 293 valence electrons. The van der Waals surface area contributed by atoms with Gasteiger partial charge in [0.05, 0.1) is 25.3 Å². The van der Waals surface area contributed by atoms with Crippen molar-refractivity contribution in [3.05, 3.63) is 59.2 Å². The molecule has 13 heteroatoms. The van der Waals surface area contributed by atoms with Gasteiger partial charge in [-0.2, -0.15) is 0 Å².